The van der Waals surface area contributed by atoms with E-state index in [-0.39, 0.29) is 11.9 Å². The highest BCUT2D eigenvalue weighted by atomic mass is 16.5. The van der Waals surface area contributed by atoms with Gasteiger partial charge in [-0.2, -0.15) is 0 Å². The van der Waals surface area contributed by atoms with E-state index in [1.54, 1.807) is 0 Å². The van der Waals surface area contributed by atoms with Gasteiger partial charge in [-0.05, 0) is 23.6 Å². The van der Waals surface area contributed by atoms with Crippen molar-refractivity contribution in [2.45, 2.75) is 32.2 Å². The second-order valence-corrected chi connectivity index (χ2v) is 5.85. The lowest BCUT2D eigenvalue weighted by Gasteiger charge is -2.23. The summed E-state index contributed by atoms with van der Waals surface area (Å²) in [7, 11) is 0. The Hall–Kier alpha value is -1.59. The van der Waals surface area contributed by atoms with Gasteiger partial charge in [0.1, 0.15) is 12.4 Å². The fourth-order valence-corrected chi connectivity index (χ4v) is 2.36. The molecule has 0 aromatic heterocycles. The van der Waals surface area contributed by atoms with Crippen LogP contribution in [0.3, 0.4) is 0 Å². The van der Waals surface area contributed by atoms with E-state index < -0.39 is 0 Å². The van der Waals surface area contributed by atoms with Crippen molar-refractivity contribution >= 4 is 5.91 Å². The van der Waals surface area contributed by atoms with E-state index >= 15 is 0 Å². The molecule has 5 nitrogen and oxygen atoms in total. The predicted octanol–water partition coefficient (Wildman–Crippen LogP) is 1.68. The first-order valence-corrected chi connectivity index (χ1v) is 7.95. The monoisotopic (exact) mass is 306 g/mol. The molecule has 1 heterocycles. The minimum atomic E-state index is 0.0294. The zero-order chi connectivity index (χ0) is 15.8. The van der Waals surface area contributed by atoms with Crippen molar-refractivity contribution in [1.82, 2.24) is 10.6 Å². The molecular formula is C17H26N2O3. The van der Waals surface area contributed by atoms with Crippen LogP contribution >= 0.6 is 0 Å². The first-order chi connectivity index (χ1) is 10.6. The number of ether oxygens (including phenoxy) is 2. The number of amides is 1. The molecule has 5 heteroatoms. The highest BCUT2D eigenvalue weighted by Crippen LogP contribution is 2.18. The van der Waals surface area contributed by atoms with Gasteiger partial charge in [0.2, 0.25) is 5.91 Å². The van der Waals surface area contributed by atoms with Crippen molar-refractivity contribution in [1.29, 1.82) is 0 Å². The van der Waals surface area contributed by atoms with E-state index in [0.29, 0.717) is 32.1 Å². The molecule has 2 rings (SSSR count). The Morgan fingerprint density at radius 1 is 1.41 bits per heavy atom. The zero-order valence-corrected chi connectivity index (χ0v) is 13.4. The van der Waals surface area contributed by atoms with E-state index in [1.165, 1.54) is 5.56 Å². The molecular weight excluding hydrogens is 280 g/mol. The van der Waals surface area contributed by atoms with Crippen molar-refractivity contribution in [2.24, 2.45) is 0 Å². The van der Waals surface area contributed by atoms with Gasteiger partial charge in [-0.1, -0.05) is 26.0 Å². The number of hydrogen-bond acceptors (Lipinski definition) is 4. The van der Waals surface area contributed by atoms with Gasteiger partial charge in [0.05, 0.1) is 19.8 Å². The Morgan fingerprint density at radius 2 is 2.18 bits per heavy atom. The van der Waals surface area contributed by atoms with Crippen LogP contribution in [0.1, 0.15) is 31.7 Å². The molecule has 0 bridgehead atoms. The van der Waals surface area contributed by atoms with Gasteiger partial charge in [0.25, 0.3) is 0 Å². The summed E-state index contributed by atoms with van der Waals surface area (Å²) in [5.74, 6) is 1.38. The second kappa shape index (κ2) is 8.76. The van der Waals surface area contributed by atoms with Gasteiger partial charge in [0.15, 0.2) is 0 Å². The molecule has 1 unspecified atom stereocenters. The summed E-state index contributed by atoms with van der Waals surface area (Å²) in [5, 5.41) is 6.13. The quantitative estimate of drug-likeness (QED) is 0.753. The molecule has 1 saturated heterocycles. The number of hydrogen-bond donors (Lipinski definition) is 2. The van der Waals surface area contributed by atoms with Gasteiger partial charge in [-0.15, -0.1) is 0 Å². The molecule has 1 aromatic rings. The summed E-state index contributed by atoms with van der Waals surface area (Å²) < 4.78 is 11.0. The molecule has 0 spiro atoms. The first kappa shape index (κ1) is 16.8. The van der Waals surface area contributed by atoms with Crippen LogP contribution < -0.4 is 15.4 Å². The molecule has 122 valence electrons. The second-order valence-electron chi connectivity index (χ2n) is 5.85. The summed E-state index contributed by atoms with van der Waals surface area (Å²) >= 11 is 0. The third kappa shape index (κ3) is 5.66. The summed E-state index contributed by atoms with van der Waals surface area (Å²) in [6.45, 7) is 7.45. The van der Waals surface area contributed by atoms with Crippen molar-refractivity contribution in [3.8, 4) is 5.75 Å². The van der Waals surface area contributed by atoms with Crippen molar-refractivity contribution in [2.75, 3.05) is 32.9 Å². The van der Waals surface area contributed by atoms with Crippen LogP contribution in [0.25, 0.3) is 0 Å². The largest absolute Gasteiger partial charge is 0.492 e. The Kier molecular flexibility index (Phi) is 6.68. The highest BCUT2D eigenvalue weighted by molar-refractivity contribution is 5.76. The van der Waals surface area contributed by atoms with E-state index in [9.17, 15) is 4.79 Å². The Morgan fingerprint density at radius 3 is 2.82 bits per heavy atom. The normalized spacial score (nSPS) is 18.2. The van der Waals surface area contributed by atoms with E-state index in [1.807, 2.05) is 12.1 Å². The van der Waals surface area contributed by atoms with E-state index in [2.05, 4.69) is 36.6 Å². The molecule has 1 amide bonds. The lowest BCUT2D eigenvalue weighted by atomic mass is 10.0. The topological polar surface area (TPSA) is 59.6 Å². The lowest BCUT2D eigenvalue weighted by Crippen LogP contribution is -2.44. The molecule has 0 radical (unpaired) electrons. The van der Waals surface area contributed by atoms with Crippen molar-refractivity contribution in [3.63, 3.8) is 0 Å². The fourth-order valence-electron chi connectivity index (χ4n) is 2.36. The minimum Gasteiger partial charge on any atom is -0.492 e. The summed E-state index contributed by atoms with van der Waals surface area (Å²) in [5.41, 5.74) is 1.29. The number of benzene rings is 1. The number of carbonyl (C=O) groups excluding carboxylic acids is 1. The lowest BCUT2D eigenvalue weighted by molar-refractivity contribution is -0.122. The molecule has 2 N–H and O–H groups in total. The van der Waals surface area contributed by atoms with Gasteiger partial charge in [-0.3, -0.25) is 4.79 Å². The molecule has 1 aliphatic heterocycles. The molecule has 1 atom stereocenters. The van der Waals surface area contributed by atoms with Crippen LogP contribution in [0.15, 0.2) is 24.3 Å². The van der Waals surface area contributed by atoms with Crippen LogP contribution in [-0.2, 0) is 9.53 Å². The third-order valence-electron chi connectivity index (χ3n) is 3.67. The fraction of sp³-hybridized carbons (Fsp3) is 0.588. The molecule has 1 aliphatic rings. The Labute approximate surface area is 132 Å². The summed E-state index contributed by atoms with van der Waals surface area (Å²) in [4.78, 5) is 11.8. The standard InChI is InChI=1S/C17H26N2O3/c1-13(2)14-3-5-16(6-4-14)22-10-8-19-17(20)11-15-12-21-9-7-18-15/h3-6,13,15,18H,7-12H2,1-2H3,(H,19,20). The van der Waals surface area contributed by atoms with Crippen LogP contribution in [0.4, 0.5) is 0 Å². The smallest absolute Gasteiger partial charge is 0.221 e. The van der Waals surface area contributed by atoms with Crippen LogP contribution in [0.2, 0.25) is 0 Å². The number of nitrogens with one attached hydrogen (secondary N) is 2. The highest BCUT2D eigenvalue weighted by Gasteiger charge is 2.16. The molecule has 1 fully saturated rings. The predicted molar refractivity (Wildman–Crippen MR) is 86.3 cm³/mol. The van der Waals surface area contributed by atoms with Crippen molar-refractivity contribution < 1.29 is 14.3 Å². The maximum absolute atomic E-state index is 11.8. The zero-order valence-electron chi connectivity index (χ0n) is 13.4. The summed E-state index contributed by atoms with van der Waals surface area (Å²) in [6.07, 6.45) is 0.448. The van der Waals surface area contributed by atoms with Gasteiger partial charge in [-0.25, -0.2) is 0 Å². The maximum Gasteiger partial charge on any atom is 0.221 e. The summed E-state index contributed by atoms with van der Waals surface area (Å²) in [6, 6.07) is 8.22. The van der Waals surface area contributed by atoms with Crippen LogP contribution in [-0.4, -0.2) is 44.9 Å². The molecule has 0 aliphatic carbocycles. The average Bonchev–Trinajstić information content (AvgIpc) is 2.53. The molecule has 0 saturated carbocycles. The molecule has 22 heavy (non-hydrogen) atoms. The average molecular weight is 306 g/mol. The van der Waals surface area contributed by atoms with Crippen molar-refractivity contribution in [3.05, 3.63) is 29.8 Å². The van der Waals surface area contributed by atoms with Crippen LogP contribution in [0, 0.1) is 0 Å². The molecule has 1 aromatic carbocycles. The van der Waals surface area contributed by atoms with Crippen LogP contribution in [0.5, 0.6) is 5.75 Å². The first-order valence-electron chi connectivity index (χ1n) is 7.95. The third-order valence-corrected chi connectivity index (χ3v) is 3.67. The number of carbonyl (C=O) groups is 1. The van der Waals surface area contributed by atoms with E-state index in [0.717, 1.165) is 18.9 Å². The van der Waals surface area contributed by atoms with Gasteiger partial charge < -0.3 is 20.1 Å². The van der Waals surface area contributed by atoms with Gasteiger partial charge in [0, 0.05) is 19.0 Å². The number of morpholine rings is 1. The minimum absolute atomic E-state index is 0.0294. The maximum atomic E-state index is 11.8. The SMILES string of the molecule is CC(C)c1ccc(OCCNC(=O)CC2COCCN2)cc1. The van der Waals surface area contributed by atoms with E-state index in [4.69, 9.17) is 9.47 Å². The number of rotatable bonds is 7. The van der Waals surface area contributed by atoms with Gasteiger partial charge >= 0.3 is 0 Å². The Bertz CT molecular complexity index is 453. The Balaban J connectivity index is 1.60.